The molecule has 0 spiro atoms. The molecule has 0 aliphatic rings. The van der Waals surface area contributed by atoms with Crippen LogP contribution in [0.25, 0.3) is 0 Å². The molecule has 0 atom stereocenters. The molecule has 2 aromatic carbocycles. The molecule has 3 N–H and O–H groups in total. The topological polar surface area (TPSA) is 64.3 Å². The smallest absolute Gasteiger partial charge is 0.258 e. The number of ether oxygens (including phenoxy) is 1. The second-order valence-electron chi connectivity index (χ2n) is 4.34. The van der Waals surface area contributed by atoms with Crippen LogP contribution in [-0.4, -0.2) is 12.5 Å². The van der Waals surface area contributed by atoms with Gasteiger partial charge in [-0.1, -0.05) is 28.1 Å². The van der Waals surface area contributed by atoms with Crippen LogP contribution in [0.2, 0.25) is 0 Å². The van der Waals surface area contributed by atoms with Crippen LogP contribution in [-0.2, 0) is 11.3 Å². The van der Waals surface area contributed by atoms with Gasteiger partial charge in [-0.05, 0) is 30.3 Å². The fourth-order valence-corrected chi connectivity index (χ4v) is 2.09. The Hall–Kier alpha value is -2.08. The fourth-order valence-electron chi connectivity index (χ4n) is 1.68. The molecule has 2 aromatic rings. The first-order valence-electron chi connectivity index (χ1n) is 6.24. The van der Waals surface area contributed by atoms with E-state index in [-0.39, 0.29) is 24.9 Å². The molecule has 0 fully saturated rings. The number of carbonyl (C=O) groups excluding carboxylic acids is 1. The first-order valence-corrected chi connectivity index (χ1v) is 7.03. The minimum Gasteiger partial charge on any atom is -0.482 e. The Labute approximate surface area is 130 Å². The summed E-state index contributed by atoms with van der Waals surface area (Å²) in [6, 6.07) is 11.5. The highest BCUT2D eigenvalue weighted by molar-refractivity contribution is 9.10. The Kier molecular flexibility index (Phi) is 5.16. The molecule has 0 saturated heterocycles. The summed E-state index contributed by atoms with van der Waals surface area (Å²) in [5, 5.41) is 2.59. The van der Waals surface area contributed by atoms with E-state index in [1.165, 1.54) is 6.07 Å². The molecule has 0 heterocycles. The van der Waals surface area contributed by atoms with E-state index < -0.39 is 0 Å². The third kappa shape index (κ3) is 4.46. The van der Waals surface area contributed by atoms with Gasteiger partial charge in [0.05, 0.1) is 5.69 Å². The van der Waals surface area contributed by atoms with Crippen LogP contribution in [0.3, 0.4) is 0 Å². The molecule has 2 rings (SSSR count). The van der Waals surface area contributed by atoms with Crippen LogP contribution in [0.1, 0.15) is 5.56 Å². The largest absolute Gasteiger partial charge is 0.482 e. The van der Waals surface area contributed by atoms with E-state index in [4.69, 9.17) is 10.5 Å². The molecular weight excluding hydrogens is 339 g/mol. The van der Waals surface area contributed by atoms with Gasteiger partial charge in [-0.25, -0.2) is 4.39 Å². The van der Waals surface area contributed by atoms with E-state index in [2.05, 4.69) is 21.2 Å². The number of nitrogen functional groups attached to an aromatic ring is 1. The standard InChI is InChI=1S/C15H14BrFN2O2/c16-11-5-6-12(17)10(7-11)8-19-15(20)9-21-14-4-2-1-3-13(14)18/h1-7H,8-9,18H2,(H,19,20). The van der Waals surface area contributed by atoms with Crippen molar-refractivity contribution in [2.24, 2.45) is 0 Å². The molecule has 0 aromatic heterocycles. The van der Waals surface area contributed by atoms with Gasteiger partial charge in [0.2, 0.25) is 0 Å². The van der Waals surface area contributed by atoms with Crippen LogP contribution >= 0.6 is 15.9 Å². The zero-order valence-corrected chi connectivity index (χ0v) is 12.7. The summed E-state index contributed by atoms with van der Waals surface area (Å²) >= 11 is 3.25. The number of nitrogens with two attached hydrogens (primary N) is 1. The number of anilines is 1. The minimum atomic E-state index is -0.369. The maximum atomic E-state index is 13.5. The van der Waals surface area contributed by atoms with Crippen molar-refractivity contribution < 1.29 is 13.9 Å². The first-order chi connectivity index (χ1) is 10.1. The molecule has 4 nitrogen and oxygen atoms in total. The molecule has 0 unspecified atom stereocenters. The molecule has 0 aliphatic heterocycles. The third-order valence-corrected chi connectivity index (χ3v) is 3.25. The number of halogens is 2. The van der Waals surface area contributed by atoms with Crippen molar-refractivity contribution >= 4 is 27.5 Å². The lowest BCUT2D eigenvalue weighted by molar-refractivity contribution is -0.123. The summed E-state index contributed by atoms with van der Waals surface area (Å²) in [6.45, 7) is -0.0818. The fraction of sp³-hybridized carbons (Fsp3) is 0.133. The average molecular weight is 353 g/mol. The first kappa shape index (κ1) is 15.3. The molecule has 0 bridgehead atoms. The van der Waals surface area contributed by atoms with Gasteiger partial charge in [-0.15, -0.1) is 0 Å². The number of nitrogens with one attached hydrogen (secondary N) is 1. The monoisotopic (exact) mass is 352 g/mol. The molecule has 1 amide bonds. The van der Waals surface area contributed by atoms with Crippen LogP contribution in [0, 0.1) is 5.82 Å². The summed E-state index contributed by atoms with van der Waals surface area (Å²) in [6.07, 6.45) is 0. The SMILES string of the molecule is Nc1ccccc1OCC(=O)NCc1cc(Br)ccc1F. The van der Waals surface area contributed by atoms with Crippen molar-refractivity contribution in [2.45, 2.75) is 6.54 Å². The van der Waals surface area contributed by atoms with E-state index in [1.54, 1.807) is 36.4 Å². The van der Waals surface area contributed by atoms with Gasteiger partial charge in [0.25, 0.3) is 5.91 Å². The Balaban J connectivity index is 1.85. The number of hydrogen-bond donors (Lipinski definition) is 2. The maximum absolute atomic E-state index is 13.5. The minimum absolute atomic E-state index is 0.0950. The number of benzene rings is 2. The Morgan fingerprint density at radius 2 is 2.05 bits per heavy atom. The quantitative estimate of drug-likeness (QED) is 0.813. The molecule has 110 valence electrons. The van der Waals surface area contributed by atoms with E-state index in [1.807, 2.05) is 0 Å². The number of para-hydroxylation sites is 2. The number of hydrogen-bond acceptors (Lipinski definition) is 3. The average Bonchev–Trinajstić information content (AvgIpc) is 2.47. The lowest BCUT2D eigenvalue weighted by Gasteiger charge is -2.09. The van der Waals surface area contributed by atoms with Crippen molar-refractivity contribution in [3.05, 3.63) is 58.3 Å². The Morgan fingerprint density at radius 3 is 2.81 bits per heavy atom. The molecular formula is C15H14BrFN2O2. The molecule has 0 saturated carbocycles. The molecule has 21 heavy (non-hydrogen) atoms. The van der Waals surface area contributed by atoms with Crippen molar-refractivity contribution in [1.29, 1.82) is 0 Å². The highest BCUT2D eigenvalue weighted by Crippen LogP contribution is 2.19. The second-order valence-corrected chi connectivity index (χ2v) is 5.25. The van der Waals surface area contributed by atoms with Gasteiger partial charge in [-0.3, -0.25) is 4.79 Å². The van der Waals surface area contributed by atoms with Crippen molar-refractivity contribution in [3.63, 3.8) is 0 Å². The summed E-state index contributed by atoms with van der Waals surface area (Å²) in [5.41, 5.74) is 6.56. The van der Waals surface area contributed by atoms with Gasteiger partial charge < -0.3 is 15.8 Å². The third-order valence-electron chi connectivity index (χ3n) is 2.76. The highest BCUT2D eigenvalue weighted by atomic mass is 79.9. The van der Waals surface area contributed by atoms with Gasteiger partial charge in [-0.2, -0.15) is 0 Å². The summed E-state index contributed by atoms with van der Waals surface area (Å²) in [5.74, 6) is -0.273. The van der Waals surface area contributed by atoms with Crippen molar-refractivity contribution in [2.75, 3.05) is 12.3 Å². The molecule has 0 aliphatic carbocycles. The zero-order chi connectivity index (χ0) is 15.2. The number of rotatable bonds is 5. The van der Waals surface area contributed by atoms with E-state index >= 15 is 0 Å². The van der Waals surface area contributed by atoms with Gasteiger partial charge in [0, 0.05) is 16.6 Å². The highest BCUT2D eigenvalue weighted by Gasteiger charge is 2.07. The van der Waals surface area contributed by atoms with Crippen LogP contribution < -0.4 is 15.8 Å². The van der Waals surface area contributed by atoms with Crippen LogP contribution in [0.5, 0.6) is 5.75 Å². The predicted molar refractivity (Wildman–Crippen MR) is 82.3 cm³/mol. The van der Waals surface area contributed by atoms with Gasteiger partial charge in [0.15, 0.2) is 6.61 Å². The summed E-state index contributed by atoms with van der Waals surface area (Å²) in [7, 11) is 0. The predicted octanol–water partition coefficient (Wildman–Crippen LogP) is 2.87. The summed E-state index contributed by atoms with van der Waals surface area (Å²) in [4.78, 5) is 11.7. The molecule has 6 heteroatoms. The summed E-state index contributed by atoms with van der Waals surface area (Å²) < 4.78 is 19.6. The van der Waals surface area contributed by atoms with Gasteiger partial charge in [0.1, 0.15) is 11.6 Å². The number of carbonyl (C=O) groups is 1. The maximum Gasteiger partial charge on any atom is 0.258 e. The van der Waals surface area contributed by atoms with Crippen molar-refractivity contribution in [1.82, 2.24) is 5.32 Å². The lowest BCUT2D eigenvalue weighted by atomic mass is 10.2. The number of amides is 1. The van der Waals surface area contributed by atoms with E-state index in [9.17, 15) is 9.18 Å². The Morgan fingerprint density at radius 1 is 1.29 bits per heavy atom. The Bertz CT molecular complexity index is 649. The lowest BCUT2D eigenvalue weighted by Crippen LogP contribution is -2.28. The van der Waals surface area contributed by atoms with Crippen LogP contribution in [0.4, 0.5) is 10.1 Å². The van der Waals surface area contributed by atoms with Crippen LogP contribution in [0.15, 0.2) is 46.9 Å². The van der Waals surface area contributed by atoms with E-state index in [0.29, 0.717) is 17.0 Å². The molecule has 0 radical (unpaired) electrons. The van der Waals surface area contributed by atoms with Crippen molar-refractivity contribution in [3.8, 4) is 5.75 Å². The zero-order valence-electron chi connectivity index (χ0n) is 11.1. The normalized spacial score (nSPS) is 10.2. The van der Waals surface area contributed by atoms with E-state index in [0.717, 1.165) is 4.47 Å². The second kappa shape index (κ2) is 7.08. The van der Waals surface area contributed by atoms with Gasteiger partial charge >= 0.3 is 0 Å².